The quantitative estimate of drug-likeness (QED) is 0.178. The van der Waals surface area contributed by atoms with Crippen LogP contribution in [0.5, 0.6) is 0 Å². The van der Waals surface area contributed by atoms with Gasteiger partial charge in [-0.2, -0.15) is 0 Å². The van der Waals surface area contributed by atoms with E-state index in [1.165, 1.54) is 65.3 Å². The number of nitrogens with zero attached hydrogens (tertiary/aromatic N) is 1. The Labute approximate surface area is 274 Å². The predicted octanol–water partition coefficient (Wildman–Crippen LogP) is 13.1. The van der Waals surface area contributed by atoms with Gasteiger partial charge in [0.15, 0.2) is 0 Å². The number of fused-ring (bicyclic) bond motifs is 6. The first-order valence-corrected chi connectivity index (χ1v) is 16.2. The molecule has 1 heteroatoms. The second-order valence-corrected chi connectivity index (χ2v) is 12.2. The second kappa shape index (κ2) is 11.3. The largest absolute Gasteiger partial charge is 0.310 e. The standard InChI is InChI=1S/C46H31N/c1-2-10-32(11-3-1)34-24-27-40(28-25-34)47(41-16-8-15-38(31-41)39-23-20-33-12-4-5-14-37(33)30-39)45-19-9-18-44-43(45)29-26-36-22-21-35-13-6-7-17-42(35)46(36)44/h1-31H. The average molecular weight is 598 g/mol. The summed E-state index contributed by atoms with van der Waals surface area (Å²) in [5.74, 6) is 0. The summed E-state index contributed by atoms with van der Waals surface area (Å²) in [6.45, 7) is 0. The van der Waals surface area contributed by atoms with Gasteiger partial charge in [0.1, 0.15) is 0 Å². The van der Waals surface area contributed by atoms with Crippen molar-refractivity contribution in [2.45, 2.75) is 0 Å². The summed E-state index contributed by atoms with van der Waals surface area (Å²) in [5, 5.41) is 10.1. The maximum atomic E-state index is 2.42. The Morgan fingerprint density at radius 1 is 0.277 bits per heavy atom. The van der Waals surface area contributed by atoms with Crippen LogP contribution in [-0.4, -0.2) is 0 Å². The molecule has 0 spiro atoms. The summed E-state index contributed by atoms with van der Waals surface area (Å²) < 4.78 is 0. The van der Waals surface area contributed by atoms with Gasteiger partial charge in [-0.25, -0.2) is 0 Å². The van der Waals surface area contributed by atoms with Crippen LogP contribution >= 0.6 is 0 Å². The summed E-state index contributed by atoms with van der Waals surface area (Å²) in [6, 6.07) is 68.3. The molecule has 0 aliphatic carbocycles. The molecule has 47 heavy (non-hydrogen) atoms. The highest BCUT2D eigenvalue weighted by Crippen LogP contribution is 2.43. The molecule has 220 valence electrons. The molecule has 1 nitrogen and oxygen atoms in total. The van der Waals surface area contributed by atoms with Crippen LogP contribution < -0.4 is 4.90 Å². The SMILES string of the molecule is c1ccc(-c2ccc(N(c3cccc(-c4ccc5ccccc5c4)c3)c3cccc4c3ccc3ccc5ccccc5c34)cc2)cc1. The van der Waals surface area contributed by atoms with Crippen LogP contribution in [0.15, 0.2) is 188 Å². The van der Waals surface area contributed by atoms with Crippen molar-refractivity contribution < 1.29 is 0 Å². The monoisotopic (exact) mass is 597 g/mol. The minimum absolute atomic E-state index is 1.12. The highest BCUT2D eigenvalue weighted by atomic mass is 15.1. The lowest BCUT2D eigenvalue weighted by atomic mass is 9.95. The first kappa shape index (κ1) is 27.2. The summed E-state index contributed by atoms with van der Waals surface area (Å²) in [6.07, 6.45) is 0. The van der Waals surface area contributed by atoms with Gasteiger partial charge < -0.3 is 4.90 Å². The predicted molar refractivity (Wildman–Crippen MR) is 202 cm³/mol. The molecule has 0 bridgehead atoms. The molecule has 0 heterocycles. The van der Waals surface area contributed by atoms with Crippen LogP contribution in [0.2, 0.25) is 0 Å². The highest BCUT2D eigenvalue weighted by molar-refractivity contribution is 6.22. The van der Waals surface area contributed by atoms with Gasteiger partial charge in [0.25, 0.3) is 0 Å². The molecule has 0 radical (unpaired) electrons. The van der Waals surface area contributed by atoms with Gasteiger partial charge in [-0.15, -0.1) is 0 Å². The molecular weight excluding hydrogens is 567 g/mol. The Kier molecular flexibility index (Phi) is 6.54. The van der Waals surface area contributed by atoms with E-state index < -0.39 is 0 Å². The average Bonchev–Trinajstić information content (AvgIpc) is 3.15. The number of anilines is 3. The van der Waals surface area contributed by atoms with Crippen molar-refractivity contribution in [3.05, 3.63) is 188 Å². The van der Waals surface area contributed by atoms with Gasteiger partial charge in [-0.1, -0.05) is 152 Å². The fourth-order valence-corrected chi connectivity index (χ4v) is 7.10. The van der Waals surface area contributed by atoms with Crippen molar-refractivity contribution in [1.29, 1.82) is 0 Å². The fraction of sp³-hybridized carbons (Fsp3) is 0. The maximum Gasteiger partial charge on any atom is 0.0540 e. The molecule has 0 N–H and O–H groups in total. The fourth-order valence-electron chi connectivity index (χ4n) is 7.10. The minimum atomic E-state index is 1.12. The molecule has 0 saturated carbocycles. The van der Waals surface area contributed by atoms with Crippen molar-refractivity contribution in [1.82, 2.24) is 0 Å². The van der Waals surface area contributed by atoms with E-state index in [1.54, 1.807) is 0 Å². The molecule has 0 atom stereocenters. The lowest BCUT2D eigenvalue weighted by Crippen LogP contribution is -2.10. The smallest absolute Gasteiger partial charge is 0.0540 e. The van der Waals surface area contributed by atoms with E-state index in [9.17, 15) is 0 Å². The molecule has 0 amide bonds. The molecule has 0 unspecified atom stereocenters. The Hall–Kier alpha value is -6.18. The number of benzene rings is 9. The molecular formula is C46H31N. The molecule has 0 fully saturated rings. The minimum Gasteiger partial charge on any atom is -0.310 e. The van der Waals surface area contributed by atoms with E-state index in [0.717, 1.165) is 17.1 Å². The molecule has 0 aliphatic heterocycles. The maximum absolute atomic E-state index is 2.42. The summed E-state index contributed by atoms with van der Waals surface area (Å²) >= 11 is 0. The van der Waals surface area contributed by atoms with Crippen LogP contribution in [-0.2, 0) is 0 Å². The third kappa shape index (κ3) is 4.81. The first-order chi connectivity index (χ1) is 23.3. The van der Waals surface area contributed by atoms with E-state index in [2.05, 4.69) is 193 Å². The third-order valence-electron chi connectivity index (χ3n) is 9.40. The molecule has 9 aromatic carbocycles. The second-order valence-electron chi connectivity index (χ2n) is 12.2. The topological polar surface area (TPSA) is 3.24 Å². The van der Waals surface area contributed by atoms with Crippen molar-refractivity contribution >= 4 is 60.2 Å². The zero-order valence-corrected chi connectivity index (χ0v) is 25.8. The van der Waals surface area contributed by atoms with E-state index in [4.69, 9.17) is 0 Å². The summed E-state index contributed by atoms with van der Waals surface area (Å²) in [5.41, 5.74) is 8.21. The zero-order valence-electron chi connectivity index (χ0n) is 25.8. The number of hydrogen-bond acceptors (Lipinski definition) is 1. The van der Waals surface area contributed by atoms with Crippen molar-refractivity contribution in [3.63, 3.8) is 0 Å². The van der Waals surface area contributed by atoms with Gasteiger partial charge in [-0.3, -0.25) is 0 Å². The van der Waals surface area contributed by atoms with Gasteiger partial charge in [0.2, 0.25) is 0 Å². The van der Waals surface area contributed by atoms with Crippen LogP contribution in [0, 0.1) is 0 Å². The van der Waals surface area contributed by atoms with Gasteiger partial charge >= 0.3 is 0 Å². The van der Waals surface area contributed by atoms with Crippen LogP contribution in [0.25, 0.3) is 65.3 Å². The van der Waals surface area contributed by atoms with E-state index in [0.29, 0.717) is 0 Å². The number of hydrogen-bond donors (Lipinski definition) is 0. The highest BCUT2D eigenvalue weighted by Gasteiger charge is 2.18. The molecule has 9 aromatic rings. The number of rotatable bonds is 5. The van der Waals surface area contributed by atoms with Crippen LogP contribution in [0.1, 0.15) is 0 Å². The van der Waals surface area contributed by atoms with Crippen molar-refractivity contribution in [2.75, 3.05) is 4.90 Å². The van der Waals surface area contributed by atoms with Crippen molar-refractivity contribution in [2.24, 2.45) is 0 Å². The third-order valence-corrected chi connectivity index (χ3v) is 9.40. The summed E-state index contributed by atoms with van der Waals surface area (Å²) in [7, 11) is 0. The Morgan fingerprint density at radius 2 is 0.872 bits per heavy atom. The Balaban J connectivity index is 1.26. The molecule has 0 saturated heterocycles. The van der Waals surface area contributed by atoms with Gasteiger partial charge in [0.05, 0.1) is 5.69 Å². The van der Waals surface area contributed by atoms with Crippen LogP contribution in [0.4, 0.5) is 17.1 Å². The Morgan fingerprint density at radius 3 is 1.74 bits per heavy atom. The summed E-state index contributed by atoms with van der Waals surface area (Å²) in [4.78, 5) is 2.42. The molecule has 0 aliphatic rings. The Bertz CT molecular complexity index is 2560. The lowest BCUT2D eigenvalue weighted by molar-refractivity contribution is 1.30. The lowest BCUT2D eigenvalue weighted by Gasteiger charge is -2.28. The van der Waals surface area contributed by atoms with Gasteiger partial charge in [-0.05, 0) is 96.4 Å². The zero-order chi connectivity index (χ0) is 31.2. The van der Waals surface area contributed by atoms with Gasteiger partial charge in [0, 0.05) is 16.8 Å². The normalized spacial score (nSPS) is 11.4. The van der Waals surface area contributed by atoms with E-state index in [1.807, 2.05) is 0 Å². The van der Waals surface area contributed by atoms with E-state index in [-0.39, 0.29) is 0 Å². The van der Waals surface area contributed by atoms with Crippen molar-refractivity contribution in [3.8, 4) is 22.3 Å². The van der Waals surface area contributed by atoms with E-state index >= 15 is 0 Å². The molecule has 9 rings (SSSR count). The molecule has 0 aromatic heterocycles. The first-order valence-electron chi connectivity index (χ1n) is 16.2. The van der Waals surface area contributed by atoms with Crippen LogP contribution in [0.3, 0.4) is 0 Å².